The number of phenols is 1. The minimum absolute atomic E-state index is 0. The molecule has 0 radical (unpaired) electrons. The summed E-state index contributed by atoms with van der Waals surface area (Å²) in [5, 5.41) is 22.0. The van der Waals surface area contributed by atoms with E-state index in [0.717, 1.165) is 5.56 Å². The maximum Gasteiger partial charge on any atom is 1.00 e. The number of carboxylic acid groups (broad SMARTS) is 1. The van der Waals surface area contributed by atoms with Gasteiger partial charge in [0.15, 0.2) is 12.4 Å². The van der Waals surface area contributed by atoms with Crippen LogP contribution in [0.3, 0.4) is 0 Å². The molecule has 3 atom stereocenters. The molecule has 3 amide bonds. The van der Waals surface area contributed by atoms with Crippen molar-refractivity contribution in [1.82, 2.24) is 9.80 Å². The molecule has 2 fully saturated rings. The number of benzene rings is 1. The maximum absolute atomic E-state index is 12.8. The number of carboxylic acids is 1. The number of aliphatic carboxylic acids is 1. The molecule has 37 heavy (non-hydrogen) atoms. The van der Waals surface area contributed by atoms with Gasteiger partial charge in [0, 0.05) is 36.7 Å². The second kappa shape index (κ2) is 10.5. The zero-order valence-corrected chi connectivity index (χ0v) is 22.5. The van der Waals surface area contributed by atoms with Gasteiger partial charge in [-0.05, 0) is 48.4 Å². The predicted octanol–water partition coefficient (Wildman–Crippen LogP) is -1.75. The molecule has 1 aromatic carbocycles. The molecule has 0 spiro atoms. The average molecular weight is 514 g/mol. The first-order valence-corrected chi connectivity index (χ1v) is 11.6. The van der Waals surface area contributed by atoms with Crippen molar-refractivity contribution in [3.8, 4) is 5.75 Å². The summed E-state index contributed by atoms with van der Waals surface area (Å²) in [6.07, 6.45) is 7.42. The van der Waals surface area contributed by atoms with Crippen LogP contribution in [0.1, 0.15) is 20.3 Å². The van der Waals surface area contributed by atoms with E-state index in [-0.39, 0.29) is 78.7 Å². The second-order valence-corrected chi connectivity index (χ2v) is 9.20. The van der Waals surface area contributed by atoms with Crippen molar-refractivity contribution in [2.45, 2.75) is 32.0 Å². The van der Waals surface area contributed by atoms with Gasteiger partial charge >= 0.3 is 35.5 Å². The zero-order chi connectivity index (χ0) is 25.6. The number of carbonyl (C=O) groups excluding carboxylic acids is 3. The zero-order valence-electron chi connectivity index (χ0n) is 21.5. The summed E-state index contributed by atoms with van der Waals surface area (Å²) >= 11 is 0. The molecule has 11 heteroatoms. The Balaban J connectivity index is 0.00000200. The Morgan fingerprint density at radius 3 is 2.59 bits per heavy atom. The van der Waals surface area contributed by atoms with Crippen LogP contribution < -0.4 is 39.4 Å². The van der Waals surface area contributed by atoms with Gasteiger partial charge in [0.2, 0.25) is 12.5 Å². The van der Waals surface area contributed by atoms with Crippen molar-refractivity contribution in [2.24, 2.45) is 5.92 Å². The van der Waals surface area contributed by atoms with Gasteiger partial charge in [-0.2, -0.15) is 4.57 Å². The van der Waals surface area contributed by atoms with Crippen molar-refractivity contribution in [3.63, 3.8) is 0 Å². The number of aromatic hydroxyl groups is 1. The third-order valence-electron chi connectivity index (χ3n) is 6.83. The van der Waals surface area contributed by atoms with E-state index in [2.05, 4.69) is 5.32 Å². The van der Waals surface area contributed by atoms with E-state index in [1.165, 1.54) is 24.0 Å². The average Bonchev–Trinajstić information content (AvgIpc) is 3.20. The first-order valence-electron chi connectivity index (χ1n) is 11.6. The molecule has 4 heterocycles. The second-order valence-electron chi connectivity index (χ2n) is 9.20. The van der Waals surface area contributed by atoms with Gasteiger partial charge in [0.25, 0.3) is 11.8 Å². The Bertz CT molecular complexity index is 1350. The first-order chi connectivity index (χ1) is 17.2. The van der Waals surface area contributed by atoms with Gasteiger partial charge < -0.3 is 21.9 Å². The van der Waals surface area contributed by atoms with Crippen LogP contribution in [0.5, 0.6) is 5.75 Å². The van der Waals surface area contributed by atoms with E-state index in [0.29, 0.717) is 24.2 Å². The van der Waals surface area contributed by atoms with Gasteiger partial charge in [0.05, 0.1) is 6.04 Å². The molecule has 2 saturated heterocycles. The van der Waals surface area contributed by atoms with Crippen LogP contribution in [0.2, 0.25) is 0 Å². The molecule has 186 valence electrons. The predicted molar refractivity (Wildman–Crippen MR) is 128 cm³/mol. The molecule has 0 unspecified atom stereocenters. The third kappa shape index (κ3) is 5.04. The fraction of sp³-hybridized carbons (Fsp3) is 0.269. The van der Waals surface area contributed by atoms with Crippen molar-refractivity contribution in [1.29, 1.82) is 0 Å². The van der Waals surface area contributed by atoms with Gasteiger partial charge in [-0.1, -0.05) is 6.08 Å². The van der Waals surface area contributed by atoms with Crippen LogP contribution in [0.25, 0.3) is 6.08 Å². The van der Waals surface area contributed by atoms with Crippen LogP contribution in [0, 0.1) is 5.92 Å². The molecule has 2 aromatic rings. The van der Waals surface area contributed by atoms with E-state index < -0.39 is 12.0 Å². The fourth-order valence-electron chi connectivity index (χ4n) is 5.29. The first kappa shape index (κ1) is 26.6. The number of likely N-dealkylation sites (tertiary alicyclic amines) is 1. The molecule has 10 nitrogen and oxygen atoms in total. The molecule has 5 rings (SSSR count). The number of allylic oxidation sites excluding steroid dienone is 2. The summed E-state index contributed by atoms with van der Waals surface area (Å²) < 4.78 is 1.70. The van der Waals surface area contributed by atoms with Crippen LogP contribution in [0.4, 0.5) is 5.69 Å². The molecule has 0 saturated carbocycles. The molecular weight excluding hydrogens is 487 g/mol. The summed E-state index contributed by atoms with van der Waals surface area (Å²) in [5.41, 5.74) is 1.81. The number of β-lactam (4-membered cyclic amide) rings is 1. The van der Waals surface area contributed by atoms with Crippen molar-refractivity contribution < 1.29 is 64.9 Å². The van der Waals surface area contributed by atoms with Crippen LogP contribution in [-0.2, 0) is 25.7 Å². The van der Waals surface area contributed by atoms with Crippen LogP contribution in [-0.4, -0.2) is 62.3 Å². The molecule has 3 aliphatic heterocycles. The molecule has 3 N–H and O–H groups in total. The molecule has 1 aromatic heterocycles. The number of aromatic nitrogens is 1. The number of nitrogens with zero attached hydrogens (tertiary/aromatic N) is 3. The Hall–Kier alpha value is -3.47. The Labute approximate surface area is 236 Å². The molecule has 0 aliphatic carbocycles. The van der Waals surface area contributed by atoms with E-state index in [4.69, 9.17) is 0 Å². The Morgan fingerprint density at radius 2 is 1.92 bits per heavy atom. The standard InChI is InChI=1S/C26H24N4O6.Na.H/c1-15(31)29-13-18-11-17(23(26(35)36)30-22(18)24(29)25(30)34)5-4-16-3-2-10-28(12-16)14-21(33)27-19-6-8-20(32)9-7-19;;/h2-10,12,18,22,24H,11,13-14H2,1H3,(H2-,27,32,33,35,36);;/q;+1;-1/p+1/b5-4+;;/t18-,22-,24+;;/m1../s1. The van der Waals surface area contributed by atoms with Crippen LogP contribution >= 0.6 is 0 Å². The molecular formula is C26H26N4NaO6+. The van der Waals surface area contributed by atoms with E-state index in [1.54, 1.807) is 52.2 Å². The Morgan fingerprint density at radius 1 is 1.19 bits per heavy atom. The maximum atomic E-state index is 12.8. The molecule has 3 aliphatic rings. The largest absolute Gasteiger partial charge is 1.00 e. The minimum atomic E-state index is -1.17. The number of anilines is 1. The smallest absolute Gasteiger partial charge is 1.00 e. The van der Waals surface area contributed by atoms with Gasteiger partial charge in [0.1, 0.15) is 17.5 Å². The van der Waals surface area contributed by atoms with Crippen molar-refractivity contribution in [3.05, 3.63) is 71.7 Å². The number of rotatable bonds is 6. The normalized spacial score (nSPS) is 21.9. The van der Waals surface area contributed by atoms with Gasteiger partial charge in [-0.25, -0.2) is 4.79 Å². The number of amides is 3. The summed E-state index contributed by atoms with van der Waals surface area (Å²) in [6, 6.07) is 8.94. The van der Waals surface area contributed by atoms with E-state index in [1.807, 2.05) is 6.07 Å². The summed E-state index contributed by atoms with van der Waals surface area (Å²) in [4.78, 5) is 52.1. The SMILES string of the molecule is CC(=O)N1C[C@H]2CC(/C=C/c3ccc[n+](CC(=O)Nc4ccc(O)cc4)c3)=C(C(=O)O)N3C(=O)[C@@H]1[C@@H]23.[H-].[Na+]. The number of hydrogen-bond donors (Lipinski definition) is 3. The number of phenolic OH excluding ortho intramolecular Hbond substituents is 1. The van der Waals surface area contributed by atoms with Crippen molar-refractivity contribution in [2.75, 3.05) is 11.9 Å². The number of hydrogen-bond acceptors (Lipinski definition) is 5. The van der Waals surface area contributed by atoms with E-state index in [9.17, 15) is 29.4 Å². The van der Waals surface area contributed by atoms with E-state index >= 15 is 0 Å². The monoisotopic (exact) mass is 513 g/mol. The third-order valence-corrected chi connectivity index (χ3v) is 6.83. The topological polar surface area (TPSA) is 131 Å². The Kier molecular flexibility index (Phi) is 7.54. The number of pyridine rings is 1. The number of carbonyl (C=O) groups is 4. The summed E-state index contributed by atoms with van der Waals surface area (Å²) in [5.74, 6) is -1.85. The molecule has 0 bridgehead atoms. The van der Waals surface area contributed by atoms with Gasteiger partial charge in [-0.15, -0.1) is 0 Å². The summed E-state index contributed by atoms with van der Waals surface area (Å²) in [6.45, 7) is 1.91. The minimum Gasteiger partial charge on any atom is -1.00 e. The van der Waals surface area contributed by atoms with Crippen molar-refractivity contribution >= 4 is 35.5 Å². The van der Waals surface area contributed by atoms with Gasteiger partial charge in [-0.3, -0.25) is 19.3 Å². The summed E-state index contributed by atoms with van der Waals surface area (Å²) in [7, 11) is 0. The fourth-order valence-corrected chi connectivity index (χ4v) is 5.29. The number of nitrogens with one attached hydrogen (secondary N) is 1. The van der Waals surface area contributed by atoms with Crippen LogP contribution in [0.15, 0.2) is 66.1 Å². The quantitative estimate of drug-likeness (QED) is 0.182.